The van der Waals surface area contributed by atoms with E-state index in [1.165, 1.54) is 4.90 Å². The molecular weight excluding hydrogens is 739 g/mol. The molecule has 0 spiro atoms. The van der Waals surface area contributed by atoms with Crippen molar-refractivity contribution in [2.45, 2.75) is 95.7 Å². The van der Waals surface area contributed by atoms with Crippen molar-refractivity contribution < 1.29 is 46.8 Å². The molecule has 2 heterocycles. The summed E-state index contributed by atoms with van der Waals surface area (Å²) in [4.78, 5) is 16.4. The standard InChI is InChI=1S/C43H60F2N2O8Si/c1-29(2)56(30(3)4,31(5)6)55-41-27-47(43(48)49)26-40(54-28-32-10-17-38-37(24-32)46(19-23-53-38)18-8-20-50-7)42(41)33-11-14-35(15-12-33)51-21-9-22-52-39-25-34(44)13-16-36(39)45/h10-17,24-25,29-31,40-42H,8-9,18-23,26-28H2,1-7H3,(H,48,49). The number of likely N-dealkylation sites (tertiary alicyclic amines) is 1. The van der Waals surface area contributed by atoms with E-state index in [-0.39, 0.29) is 38.0 Å². The van der Waals surface area contributed by atoms with Gasteiger partial charge in [-0.1, -0.05) is 59.7 Å². The highest BCUT2D eigenvalue weighted by atomic mass is 28.4. The molecule has 1 saturated heterocycles. The van der Waals surface area contributed by atoms with Crippen LogP contribution in [0.4, 0.5) is 19.3 Å². The average Bonchev–Trinajstić information content (AvgIpc) is 3.17. The Morgan fingerprint density at radius 3 is 2.25 bits per heavy atom. The predicted molar refractivity (Wildman–Crippen MR) is 216 cm³/mol. The van der Waals surface area contributed by atoms with Crippen molar-refractivity contribution in [2.75, 3.05) is 64.6 Å². The van der Waals surface area contributed by atoms with Gasteiger partial charge in [-0.25, -0.2) is 13.6 Å². The molecule has 10 nitrogen and oxygen atoms in total. The van der Waals surface area contributed by atoms with Gasteiger partial charge in [-0.2, -0.15) is 0 Å². The third kappa shape index (κ3) is 10.5. The van der Waals surface area contributed by atoms with Crippen LogP contribution in [0.25, 0.3) is 0 Å². The van der Waals surface area contributed by atoms with Crippen LogP contribution >= 0.6 is 0 Å². The highest BCUT2D eigenvalue weighted by Gasteiger charge is 2.51. The van der Waals surface area contributed by atoms with Crippen LogP contribution in [0.2, 0.25) is 16.6 Å². The second kappa shape index (κ2) is 20.0. The van der Waals surface area contributed by atoms with Crippen LogP contribution in [0.15, 0.2) is 60.7 Å². The molecule has 0 aromatic heterocycles. The molecule has 0 saturated carbocycles. The molecule has 308 valence electrons. The number of carbonyl (C=O) groups is 1. The van der Waals surface area contributed by atoms with E-state index in [0.29, 0.717) is 48.6 Å². The molecule has 0 bridgehead atoms. The third-order valence-electron chi connectivity index (χ3n) is 11.1. The van der Waals surface area contributed by atoms with Crippen LogP contribution in [0.3, 0.4) is 0 Å². The van der Waals surface area contributed by atoms with E-state index in [4.69, 9.17) is 28.1 Å². The molecule has 3 aromatic rings. The van der Waals surface area contributed by atoms with Crippen LogP contribution in [0.5, 0.6) is 17.2 Å². The fourth-order valence-corrected chi connectivity index (χ4v) is 14.1. The minimum Gasteiger partial charge on any atom is -0.493 e. The maximum atomic E-state index is 13.9. The molecule has 5 rings (SSSR count). The number of halogens is 2. The van der Waals surface area contributed by atoms with Gasteiger partial charge in [0.15, 0.2) is 11.6 Å². The van der Waals surface area contributed by atoms with Gasteiger partial charge in [-0.15, -0.1) is 0 Å². The lowest BCUT2D eigenvalue weighted by Crippen LogP contribution is -2.59. The van der Waals surface area contributed by atoms with E-state index >= 15 is 0 Å². The Labute approximate surface area is 332 Å². The van der Waals surface area contributed by atoms with Gasteiger partial charge in [0, 0.05) is 45.2 Å². The minimum absolute atomic E-state index is 0.128. The first-order chi connectivity index (χ1) is 26.8. The molecule has 1 fully saturated rings. The van der Waals surface area contributed by atoms with Crippen LogP contribution < -0.4 is 19.1 Å². The quantitative estimate of drug-likeness (QED) is 0.0940. The summed E-state index contributed by atoms with van der Waals surface area (Å²) in [6.07, 6.45) is -0.577. The number of rotatable bonds is 19. The lowest BCUT2D eigenvalue weighted by molar-refractivity contribution is -0.0630. The monoisotopic (exact) mass is 798 g/mol. The van der Waals surface area contributed by atoms with E-state index in [1.807, 2.05) is 36.4 Å². The molecule has 3 unspecified atom stereocenters. The third-order valence-corrected chi connectivity index (χ3v) is 17.3. The Morgan fingerprint density at radius 1 is 0.875 bits per heavy atom. The summed E-state index contributed by atoms with van der Waals surface area (Å²) in [5.41, 5.74) is 3.85. The van der Waals surface area contributed by atoms with Gasteiger partial charge in [-0.3, -0.25) is 0 Å². The molecule has 2 aliphatic rings. The first-order valence-corrected chi connectivity index (χ1v) is 22.1. The molecule has 1 N–H and O–H groups in total. The average molecular weight is 799 g/mol. The summed E-state index contributed by atoms with van der Waals surface area (Å²) in [6, 6.07) is 17.1. The fourth-order valence-electron chi connectivity index (χ4n) is 8.55. The predicted octanol–water partition coefficient (Wildman–Crippen LogP) is 9.27. The number of hydrogen-bond donors (Lipinski definition) is 1. The maximum Gasteiger partial charge on any atom is 0.407 e. The first kappa shape index (κ1) is 43.2. The smallest absolute Gasteiger partial charge is 0.407 e. The molecule has 56 heavy (non-hydrogen) atoms. The Bertz CT molecular complexity index is 1690. The van der Waals surface area contributed by atoms with Gasteiger partial charge in [0.25, 0.3) is 0 Å². The zero-order valence-corrected chi connectivity index (χ0v) is 35.0. The van der Waals surface area contributed by atoms with Gasteiger partial charge < -0.3 is 43.0 Å². The number of benzene rings is 3. The molecule has 13 heteroatoms. The fraction of sp³-hybridized carbons (Fsp3) is 0.558. The number of anilines is 1. The van der Waals surface area contributed by atoms with E-state index < -0.39 is 38.3 Å². The zero-order chi connectivity index (χ0) is 40.4. The second-order valence-corrected chi connectivity index (χ2v) is 21.1. The van der Waals surface area contributed by atoms with Crippen molar-refractivity contribution in [3.63, 3.8) is 0 Å². The SMILES string of the molecule is COCCCN1CCOc2ccc(COC3CN(C(=O)O)CC(O[Si](C(C)C)(C(C)C)C(C)C)C3c3ccc(OCCCOc4cc(F)ccc4F)cc3)cc21. The van der Waals surface area contributed by atoms with Gasteiger partial charge in [0.2, 0.25) is 8.32 Å². The van der Waals surface area contributed by atoms with Crippen molar-refractivity contribution in [1.29, 1.82) is 0 Å². The zero-order valence-electron chi connectivity index (χ0n) is 34.0. The van der Waals surface area contributed by atoms with Crippen LogP contribution in [0.1, 0.15) is 71.4 Å². The largest absolute Gasteiger partial charge is 0.493 e. The van der Waals surface area contributed by atoms with Crippen molar-refractivity contribution in [3.8, 4) is 17.2 Å². The summed E-state index contributed by atoms with van der Waals surface area (Å²) in [5.74, 6) is -0.0850. The lowest BCUT2D eigenvalue weighted by Gasteiger charge is -2.50. The van der Waals surface area contributed by atoms with E-state index in [1.54, 1.807) is 7.11 Å². The molecule has 0 aliphatic carbocycles. The number of nitrogens with zero attached hydrogens (tertiary/aromatic N) is 2. The number of ether oxygens (including phenoxy) is 5. The number of hydrogen-bond acceptors (Lipinski definition) is 8. The van der Waals surface area contributed by atoms with Gasteiger partial charge in [0.1, 0.15) is 23.9 Å². The number of fused-ring (bicyclic) bond motifs is 1. The Balaban J connectivity index is 1.38. The molecular formula is C43H60F2N2O8Si. The number of methoxy groups -OCH3 is 1. The first-order valence-electron chi connectivity index (χ1n) is 19.9. The summed E-state index contributed by atoms with van der Waals surface area (Å²) < 4.78 is 64.4. The molecule has 3 aromatic carbocycles. The summed E-state index contributed by atoms with van der Waals surface area (Å²) in [6.45, 7) is 17.5. The summed E-state index contributed by atoms with van der Waals surface area (Å²) >= 11 is 0. The Kier molecular flexibility index (Phi) is 15.4. The van der Waals surface area contributed by atoms with Crippen molar-refractivity contribution >= 4 is 20.1 Å². The number of carboxylic acid groups (broad SMARTS) is 1. The number of piperidine rings is 1. The van der Waals surface area contributed by atoms with E-state index in [2.05, 4.69) is 52.5 Å². The van der Waals surface area contributed by atoms with Gasteiger partial charge in [-0.05, 0) is 70.6 Å². The van der Waals surface area contributed by atoms with E-state index in [9.17, 15) is 18.7 Å². The number of amides is 1. The highest BCUT2D eigenvalue weighted by molar-refractivity contribution is 6.77. The van der Waals surface area contributed by atoms with Crippen molar-refractivity contribution in [2.24, 2.45) is 0 Å². The topological polar surface area (TPSA) is 99.2 Å². The van der Waals surface area contributed by atoms with Crippen LogP contribution in [-0.2, 0) is 20.5 Å². The molecule has 0 radical (unpaired) electrons. The minimum atomic E-state index is -2.46. The van der Waals surface area contributed by atoms with Crippen molar-refractivity contribution in [3.05, 3.63) is 83.4 Å². The maximum absolute atomic E-state index is 13.9. The molecule has 2 aliphatic heterocycles. The van der Waals surface area contributed by atoms with Gasteiger partial charge >= 0.3 is 6.09 Å². The summed E-state index contributed by atoms with van der Waals surface area (Å²) in [5, 5.41) is 10.4. The van der Waals surface area contributed by atoms with Crippen LogP contribution in [0, 0.1) is 11.6 Å². The Hall–Kier alpha value is -3.91. The highest BCUT2D eigenvalue weighted by Crippen LogP contribution is 2.46. The van der Waals surface area contributed by atoms with E-state index in [0.717, 1.165) is 60.3 Å². The normalized spacial score (nSPS) is 18.7. The Morgan fingerprint density at radius 2 is 1.57 bits per heavy atom. The lowest BCUT2D eigenvalue weighted by atomic mass is 9.84. The second-order valence-electron chi connectivity index (χ2n) is 15.7. The van der Waals surface area contributed by atoms with Gasteiger partial charge in [0.05, 0.1) is 50.8 Å². The van der Waals surface area contributed by atoms with Crippen LogP contribution in [-0.4, -0.2) is 96.3 Å². The molecule has 3 atom stereocenters. The van der Waals surface area contributed by atoms with Crippen molar-refractivity contribution in [1.82, 2.24) is 4.90 Å². The molecule has 1 amide bonds. The summed E-state index contributed by atoms with van der Waals surface area (Å²) in [7, 11) is -0.750.